The van der Waals surface area contributed by atoms with Crippen LogP contribution in [0.4, 0.5) is 0 Å². The molecule has 0 radical (unpaired) electrons. The zero-order valence-electron chi connectivity index (χ0n) is 9.29. The van der Waals surface area contributed by atoms with Crippen molar-refractivity contribution in [3.63, 3.8) is 0 Å². The number of nitrogens with one attached hydrogen (secondary N) is 1. The van der Waals surface area contributed by atoms with E-state index in [9.17, 15) is 4.79 Å². The van der Waals surface area contributed by atoms with Gasteiger partial charge in [-0.3, -0.25) is 15.1 Å². The molecule has 0 aromatic heterocycles. The molecule has 1 aliphatic heterocycles. The van der Waals surface area contributed by atoms with E-state index in [1.54, 1.807) is 0 Å². The summed E-state index contributed by atoms with van der Waals surface area (Å²) in [6, 6.07) is 0.437. The van der Waals surface area contributed by atoms with Crippen LogP contribution >= 0.6 is 0 Å². The van der Waals surface area contributed by atoms with Crippen LogP contribution < -0.4 is 11.3 Å². The highest BCUT2D eigenvalue weighted by Gasteiger charge is 2.34. The molecule has 3 unspecified atom stereocenters. The molecular formula is C10H21N3O. The third-order valence-electron chi connectivity index (χ3n) is 3.06. The van der Waals surface area contributed by atoms with Crippen molar-refractivity contribution in [1.29, 1.82) is 0 Å². The average molecular weight is 199 g/mol. The lowest BCUT2D eigenvalue weighted by molar-refractivity contribution is -0.127. The van der Waals surface area contributed by atoms with E-state index in [-0.39, 0.29) is 11.9 Å². The number of carbonyl (C=O) groups is 1. The van der Waals surface area contributed by atoms with Crippen molar-refractivity contribution in [3.05, 3.63) is 0 Å². The van der Waals surface area contributed by atoms with Gasteiger partial charge >= 0.3 is 0 Å². The first kappa shape index (κ1) is 11.5. The summed E-state index contributed by atoms with van der Waals surface area (Å²) in [4.78, 5) is 13.8. The molecule has 0 saturated carbocycles. The second-order valence-corrected chi connectivity index (χ2v) is 4.32. The van der Waals surface area contributed by atoms with E-state index in [0.717, 1.165) is 13.0 Å². The number of rotatable bonds is 3. The fourth-order valence-corrected chi connectivity index (χ4v) is 2.43. The quantitative estimate of drug-likeness (QED) is 0.395. The minimum Gasteiger partial charge on any atom is -0.293 e. The van der Waals surface area contributed by atoms with Crippen molar-refractivity contribution < 1.29 is 4.79 Å². The van der Waals surface area contributed by atoms with Gasteiger partial charge in [0.1, 0.15) is 0 Å². The highest BCUT2D eigenvalue weighted by Crippen LogP contribution is 2.25. The van der Waals surface area contributed by atoms with Gasteiger partial charge in [-0.1, -0.05) is 13.8 Å². The lowest BCUT2D eigenvalue weighted by Crippen LogP contribution is -2.50. The molecule has 1 aliphatic rings. The number of hydrogen-bond acceptors (Lipinski definition) is 3. The number of hydrazine groups is 1. The van der Waals surface area contributed by atoms with Crippen molar-refractivity contribution >= 4 is 5.91 Å². The first-order chi connectivity index (χ1) is 6.60. The number of nitrogens with two attached hydrogens (primary N) is 1. The average Bonchev–Trinajstić information content (AvgIpc) is 2.47. The maximum atomic E-state index is 11.5. The number of amides is 1. The van der Waals surface area contributed by atoms with Crippen molar-refractivity contribution in [2.24, 2.45) is 11.8 Å². The molecule has 1 saturated heterocycles. The van der Waals surface area contributed by atoms with Crippen LogP contribution in [-0.4, -0.2) is 29.4 Å². The van der Waals surface area contributed by atoms with Crippen LogP contribution in [0.1, 0.15) is 33.6 Å². The zero-order chi connectivity index (χ0) is 10.7. The Balaban J connectivity index is 2.65. The second kappa shape index (κ2) is 4.75. The maximum absolute atomic E-state index is 11.5. The van der Waals surface area contributed by atoms with Crippen molar-refractivity contribution in [2.75, 3.05) is 6.54 Å². The van der Waals surface area contributed by atoms with Crippen LogP contribution in [0.3, 0.4) is 0 Å². The molecule has 1 fully saturated rings. The molecule has 0 aliphatic carbocycles. The monoisotopic (exact) mass is 199 g/mol. The van der Waals surface area contributed by atoms with Crippen molar-refractivity contribution in [3.8, 4) is 0 Å². The Kier molecular flexibility index (Phi) is 3.89. The molecule has 1 rings (SSSR count). The summed E-state index contributed by atoms with van der Waals surface area (Å²) in [5, 5.41) is 0. The highest BCUT2D eigenvalue weighted by atomic mass is 16.2. The Bertz CT molecular complexity index is 208. The van der Waals surface area contributed by atoms with Crippen LogP contribution in [0.25, 0.3) is 0 Å². The standard InChI is InChI=1S/C10H21N3O/c1-4-9(10(14)12-11)13-6-7(2)5-8(13)3/h7-9H,4-6,11H2,1-3H3,(H,12,14). The van der Waals surface area contributed by atoms with Crippen molar-refractivity contribution in [1.82, 2.24) is 10.3 Å². The molecule has 1 amide bonds. The van der Waals surface area contributed by atoms with E-state index in [0.29, 0.717) is 12.0 Å². The van der Waals surface area contributed by atoms with Crippen LogP contribution in [0.5, 0.6) is 0 Å². The Morgan fingerprint density at radius 2 is 2.29 bits per heavy atom. The highest BCUT2D eigenvalue weighted by molar-refractivity contribution is 5.81. The first-order valence-corrected chi connectivity index (χ1v) is 5.36. The molecule has 0 spiro atoms. The summed E-state index contributed by atoms with van der Waals surface area (Å²) in [7, 11) is 0. The van der Waals surface area contributed by atoms with E-state index in [4.69, 9.17) is 5.84 Å². The molecular weight excluding hydrogens is 178 g/mol. The van der Waals surface area contributed by atoms with Gasteiger partial charge in [0.25, 0.3) is 5.91 Å². The van der Waals surface area contributed by atoms with E-state index in [2.05, 4.69) is 24.2 Å². The molecule has 3 atom stereocenters. The van der Waals surface area contributed by atoms with Gasteiger partial charge in [0.2, 0.25) is 0 Å². The number of carbonyl (C=O) groups excluding carboxylic acids is 1. The summed E-state index contributed by atoms with van der Waals surface area (Å²) in [6.45, 7) is 7.43. The Hall–Kier alpha value is -0.610. The smallest absolute Gasteiger partial charge is 0.251 e. The summed E-state index contributed by atoms with van der Waals surface area (Å²) >= 11 is 0. The lowest BCUT2D eigenvalue weighted by atomic mass is 10.1. The molecule has 1 heterocycles. The van der Waals surface area contributed by atoms with Gasteiger partial charge in [-0.15, -0.1) is 0 Å². The van der Waals surface area contributed by atoms with Crippen LogP contribution in [0, 0.1) is 5.92 Å². The predicted molar refractivity (Wildman–Crippen MR) is 56.4 cm³/mol. The molecule has 0 bridgehead atoms. The number of nitrogens with zero attached hydrogens (tertiary/aromatic N) is 1. The van der Waals surface area contributed by atoms with E-state index in [1.807, 2.05) is 6.92 Å². The van der Waals surface area contributed by atoms with Gasteiger partial charge in [0.05, 0.1) is 6.04 Å². The van der Waals surface area contributed by atoms with Gasteiger partial charge in [-0.05, 0) is 25.7 Å². The van der Waals surface area contributed by atoms with Crippen LogP contribution in [0.2, 0.25) is 0 Å². The van der Waals surface area contributed by atoms with Gasteiger partial charge in [0, 0.05) is 12.6 Å². The van der Waals surface area contributed by atoms with E-state index in [1.165, 1.54) is 6.42 Å². The van der Waals surface area contributed by atoms with Crippen LogP contribution in [-0.2, 0) is 4.79 Å². The molecule has 0 aromatic rings. The fourth-order valence-electron chi connectivity index (χ4n) is 2.43. The fraction of sp³-hybridized carbons (Fsp3) is 0.900. The maximum Gasteiger partial charge on any atom is 0.251 e. The topological polar surface area (TPSA) is 58.4 Å². The SMILES string of the molecule is CCC(C(=O)NN)N1CC(C)CC1C. The first-order valence-electron chi connectivity index (χ1n) is 5.36. The van der Waals surface area contributed by atoms with Crippen LogP contribution in [0.15, 0.2) is 0 Å². The zero-order valence-corrected chi connectivity index (χ0v) is 9.29. The molecule has 14 heavy (non-hydrogen) atoms. The lowest BCUT2D eigenvalue weighted by Gasteiger charge is -2.28. The van der Waals surface area contributed by atoms with Gasteiger partial charge in [-0.2, -0.15) is 0 Å². The normalized spacial score (nSPS) is 30.3. The molecule has 82 valence electrons. The minimum absolute atomic E-state index is 0.0556. The Morgan fingerprint density at radius 3 is 2.64 bits per heavy atom. The van der Waals surface area contributed by atoms with E-state index >= 15 is 0 Å². The number of hydrogen-bond donors (Lipinski definition) is 2. The summed E-state index contributed by atoms with van der Waals surface area (Å²) in [5.41, 5.74) is 2.25. The summed E-state index contributed by atoms with van der Waals surface area (Å²) in [5.74, 6) is 5.79. The van der Waals surface area contributed by atoms with Gasteiger partial charge in [0.15, 0.2) is 0 Å². The van der Waals surface area contributed by atoms with Gasteiger partial charge in [-0.25, -0.2) is 5.84 Å². The third-order valence-corrected chi connectivity index (χ3v) is 3.06. The molecule has 4 heteroatoms. The van der Waals surface area contributed by atoms with E-state index < -0.39 is 0 Å². The largest absolute Gasteiger partial charge is 0.293 e. The molecule has 0 aromatic carbocycles. The predicted octanol–water partition coefficient (Wildman–Crippen LogP) is 0.485. The van der Waals surface area contributed by atoms with Crippen molar-refractivity contribution in [2.45, 2.75) is 45.7 Å². The minimum atomic E-state index is -0.0616. The van der Waals surface area contributed by atoms with Gasteiger partial charge < -0.3 is 0 Å². The number of likely N-dealkylation sites (tertiary alicyclic amines) is 1. The Morgan fingerprint density at radius 1 is 1.64 bits per heavy atom. The molecule has 3 N–H and O–H groups in total. The Labute approximate surface area is 85.8 Å². The third kappa shape index (κ3) is 2.25. The summed E-state index contributed by atoms with van der Waals surface area (Å²) in [6.07, 6.45) is 1.99. The molecule has 4 nitrogen and oxygen atoms in total. The summed E-state index contributed by atoms with van der Waals surface area (Å²) < 4.78 is 0. The second-order valence-electron chi connectivity index (χ2n) is 4.32.